The maximum atomic E-state index is 5.11. The topological polar surface area (TPSA) is 34.0 Å². The molecule has 0 unspecified atom stereocenters. The molecule has 0 amide bonds. The summed E-state index contributed by atoms with van der Waals surface area (Å²) in [6, 6.07) is 73.2. The van der Waals surface area contributed by atoms with Crippen LogP contribution in [0.2, 0.25) is 0 Å². The first kappa shape index (κ1) is 33.2. The maximum Gasteiger partial charge on any atom is 0.160 e. The Bertz CT molecular complexity index is 3010. The molecule has 0 aliphatic carbocycles. The van der Waals surface area contributed by atoms with Crippen LogP contribution in [0.5, 0.6) is 0 Å². The van der Waals surface area contributed by atoms with Crippen LogP contribution in [0.1, 0.15) is 0 Å². The molecular formula is C52H34N4S. The highest BCUT2D eigenvalue weighted by atomic mass is 32.2. The van der Waals surface area contributed by atoms with Crippen molar-refractivity contribution >= 4 is 50.6 Å². The predicted octanol–water partition coefficient (Wildman–Crippen LogP) is 14.2. The van der Waals surface area contributed by atoms with Crippen LogP contribution in [0.4, 0.5) is 17.1 Å². The average Bonchev–Trinajstić information content (AvgIpc) is 3.62. The van der Waals surface area contributed by atoms with E-state index < -0.39 is 0 Å². The molecular weight excluding hydrogens is 713 g/mol. The molecule has 8 aromatic carbocycles. The Morgan fingerprint density at radius 3 is 1.61 bits per heavy atom. The second-order valence-corrected chi connectivity index (χ2v) is 15.3. The second kappa shape index (κ2) is 13.8. The van der Waals surface area contributed by atoms with E-state index in [1.807, 2.05) is 23.9 Å². The summed E-state index contributed by atoms with van der Waals surface area (Å²) in [5.74, 6) is 0.701. The van der Waals surface area contributed by atoms with Gasteiger partial charge in [0.15, 0.2) is 5.82 Å². The Balaban J connectivity index is 1.02. The lowest BCUT2D eigenvalue weighted by Gasteiger charge is -2.33. The second-order valence-electron chi connectivity index (χ2n) is 14.3. The zero-order chi connectivity index (χ0) is 37.7. The van der Waals surface area contributed by atoms with Crippen LogP contribution < -0.4 is 4.90 Å². The van der Waals surface area contributed by atoms with Crippen LogP contribution >= 0.6 is 11.8 Å². The summed E-state index contributed by atoms with van der Waals surface area (Å²) in [4.78, 5) is 15.1. The van der Waals surface area contributed by atoms with E-state index in [0.29, 0.717) is 5.82 Å². The minimum Gasteiger partial charge on any atom is -0.309 e. The number of nitrogens with zero attached hydrogens (tertiary/aromatic N) is 4. The van der Waals surface area contributed by atoms with E-state index in [0.717, 1.165) is 56.1 Å². The van der Waals surface area contributed by atoms with Crippen LogP contribution in [0, 0.1) is 0 Å². The van der Waals surface area contributed by atoms with Crippen molar-refractivity contribution in [2.24, 2.45) is 0 Å². The Kier molecular flexibility index (Phi) is 8.04. The van der Waals surface area contributed by atoms with E-state index in [2.05, 4.69) is 204 Å². The van der Waals surface area contributed by atoms with Gasteiger partial charge in [-0.05, 0) is 83.9 Å². The van der Waals surface area contributed by atoms with E-state index in [4.69, 9.17) is 9.97 Å². The number of fused-ring (bicyclic) bond motifs is 5. The van der Waals surface area contributed by atoms with Gasteiger partial charge in [0.05, 0.1) is 33.8 Å². The molecule has 0 fully saturated rings. The molecule has 57 heavy (non-hydrogen) atoms. The van der Waals surface area contributed by atoms with Gasteiger partial charge in [-0.25, -0.2) is 9.97 Å². The number of rotatable bonds is 6. The number of anilines is 3. The van der Waals surface area contributed by atoms with Gasteiger partial charge in [0.1, 0.15) is 0 Å². The first-order chi connectivity index (χ1) is 28.2. The smallest absolute Gasteiger partial charge is 0.160 e. The largest absolute Gasteiger partial charge is 0.309 e. The molecule has 1 aliphatic heterocycles. The molecule has 268 valence electrons. The normalized spacial score (nSPS) is 12.1. The highest BCUT2D eigenvalue weighted by Crippen LogP contribution is 2.51. The summed E-state index contributed by atoms with van der Waals surface area (Å²) in [5.41, 5.74) is 14.1. The molecule has 0 saturated carbocycles. The van der Waals surface area contributed by atoms with E-state index in [1.165, 1.54) is 37.5 Å². The molecule has 0 spiro atoms. The predicted molar refractivity (Wildman–Crippen MR) is 237 cm³/mol. The monoisotopic (exact) mass is 746 g/mol. The van der Waals surface area contributed by atoms with Crippen molar-refractivity contribution in [3.63, 3.8) is 0 Å². The van der Waals surface area contributed by atoms with Gasteiger partial charge in [-0.1, -0.05) is 145 Å². The van der Waals surface area contributed by atoms with Crippen LogP contribution in [0.25, 0.3) is 72.5 Å². The van der Waals surface area contributed by atoms with Gasteiger partial charge in [0.25, 0.3) is 0 Å². The number of hydrogen-bond acceptors (Lipinski definition) is 4. The summed E-state index contributed by atoms with van der Waals surface area (Å²) in [6.45, 7) is 0. The van der Waals surface area contributed by atoms with Crippen molar-refractivity contribution in [2.45, 2.75) is 9.79 Å². The summed E-state index contributed by atoms with van der Waals surface area (Å²) >= 11 is 1.83. The van der Waals surface area contributed by atoms with Gasteiger partial charge in [0, 0.05) is 48.6 Å². The lowest BCUT2D eigenvalue weighted by molar-refractivity contribution is 1.14. The van der Waals surface area contributed by atoms with Crippen LogP contribution in [0.15, 0.2) is 216 Å². The van der Waals surface area contributed by atoms with Crippen LogP contribution in [0.3, 0.4) is 0 Å². The fourth-order valence-corrected chi connectivity index (χ4v) is 9.17. The van der Waals surface area contributed by atoms with E-state index in [-0.39, 0.29) is 0 Å². The van der Waals surface area contributed by atoms with Crippen molar-refractivity contribution < 1.29 is 0 Å². The highest BCUT2D eigenvalue weighted by Gasteiger charge is 2.25. The molecule has 2 aromatic heterocycles. The van der Waals surface area contributed by atoms with Crippen molar-refractivity contribution in [1.82, 2.24) is 14.5 Å². The van der Waals surface area contributed by atoms with Gasteiger partial charge in [-0.2, -0.15) is 0 Å². The van der Waals surface area contributed by atoms with Gasteiger partial charge in [-0.15, -0.1) is 0 Å². The molecule has 0 atom stereocenters. The Morgan fingerprint density at radius 1 is 0.351 bits per heavy atom. The quantitative estimate of drug-likeness (QED) is 0.170. The molecule has 5 heteroatoms. The molecule has 11 rings (SSSR count). The lowest BCUT2D eigenvalue weighted by atomic mass is 10.00. The van der Waals surface area contributed by atoms with Crippen molar-refractivity contribution in [2.75, 3.05) is 4.90 Å². The number of benzene rings is 8. The van der Waals surface area contributed by atoms with Crippen LogP contribution in [-0.4, -0.2) is 14.5 Å². The van der Waals surface area contributed by atoms with Crippen molar-refractivity contribution in [1.29, 1.82) is 0 Å². The third-order valence-corrected chi connectivity index (χ3v) is 11.9. The third-order valence-electron chi connectivity index (χ3n) is 10.8. The molecule has 0 saturated heterocycles. The van der Waals surface area contributed by atoms with Gasteiger partial charge < -0.3 is 9.47 Å². The summed E-state index contributed by atoms with van der Waals surface area (Å²) in [7, 11) is 0. The van der Waals surface area contributed by atoms with Crippen molar-refractivity contribution in [3.05, 3.63) is 206 Å². The number of para-hydroxylation sites is 3. The standard InChI is InChI=1S/C52H34N4S/c1-3-15-35(16-4-1)44-34-45(36-17-5-2-6-18-36)54-52(53-44)39-20-13-19-37(31-39)38-29-30-47-43(32-38)42-23-7-8-24-46(42)55(47)40-21-14-22-41(33-40)56-48-25-9-11-27-50(48)57-51-28-12-10-26-49(51)56/h1-34H. The average molecular weight is 747 g/mol. The molecule has 10 aromatic rings. The van der Waals surface area contributed by atoms with E-state index in [9.17, 15) is 0 Å². The lowest BCUT2D eigenvalue weighted by Crippen LogP contribution is -2.14. The third kappa shape index (κ3) is 5.88. The summed E-state index contributed by atoms with van der Waals surface area (Å²) in [6.07, 6.45) is 0. The molecule has 0 N–H and O–H groups in total. The van der Waals surface area contributed by atoms with Crippen LogP contribution in [-0.2, 0) is 0 Å². The minimum absolute atomic E-state index is 0.701. The van der Waals surface area contributed by atoms with Crippen molar-refractivity contribution in [3.8, 4) is 50.7 Å². The Morgan fingerprint density at radius 2 is 0.895 bits per heavy atom. The Hall–Kier alpha value is -7.21. The van der Waals surface area contributed by atoms with Gasteiger partial charge in [-0.3, -0.25) is 0 Å². The van der Waals surface area contributed by atoms with Gasteiger partial charge >= 0.3 is 0 Å². The molecule has 0 bridgehead atoms. The molecule has 4 nitrogen and oxygen atoms in total. The first-order valence-corrected chi connectivity index (χ1v) is 20.0. The first-order valence-electron chi connectivity index (χ1n) is 19.2. The fourth-order valence-electron chi connectivity index (χ4n) is 8.11. The minimum atomic E-state index is 0.701. The molecule has 0 radical (unpaired) electrons. The molecule has 1 aliphatic rings. The Labute approximate surface area is 335 Å². The molecule has 3 heterocycles. The zero-order valence-corrected chi connectivity index (χ0v) is 31.6. The zero-order valence-electron chi connectivity index (χ0n) is 30.8. The summed E-state index contributed by atoms with van der Waals surface area (Å²) in [5, 5.41) is 2.42. The van der Waals surface area contributed by atoms with E-state index in [1.54, 1.807) is 0 Å². The van der Waals surface area contributed by atoms with E-state index >= 15 is 0 Å². The fraction of sp³-hybridized carbons (Fsp3) is 0. The highest BCUT2D eigenvalue weighted by molar-refractivity contribution is 7.99. The number of hydrogen-bond donors (Lipinski definition) is 0. The van der Waals surface area contributed by atoms with Gasteiger partial charge in [0.2, 0.25) is 0 Å². The summed E-state index contributed by atoms with van der Waals surface area (Å²) < 4.78 is 2.40. The maximum absolute atomic E-state index is 5.11. The number of aromatic nitrogens is 3. The SMILES string of the molecule is c1ccc(-c2cc(-c3ccccc3)nc(-c3cccc(-c4ccc5c(c4)c4ccccc4n5-c4cccc(N5c6ccccc6Sc6ccccc65)c4)c3)n2)cc1.